The molecule has 0 aromatic heterocycles. The van der Waals surface area contributed by atoms with E-state index in [4.69, 9.17) is 4.74 Å². The van der Waals surface area contributed by atoms with Crippen molar-refractivity contribution < 1.29 is 19.4 Å². The van der Waals surface area contributed by atoms with E-state index in [2.05, 4.69) is 12.2 Å². The average Bonchev–Trinajstić information content (AvgIpc) is 2.93. The molecular weight excluding hydrogens is 356 g/mol. The quantitative estimate of drug-likeness (QED) is 0.779. The number of aliphatic hydroxyl groups excluding tert-OH is 1. The molecule has 2 aromatic rings. The van der Waals surface area contributed by atoms with Crippen LogP contribution in [0.1, 0.15) is 32.6 Å². The first kappa shape index (κ1) is 18.7. The first-order chi connectivity index (χ1) is 13.5. The van der Waals surface area contributed by atoms with E-state index in [0.717, 1.165) is 28.5 Å². The standard InChI is InChI=1S/C22H26N2O4/c1-15-9-11-22(12-10-15)20(26)24(21(27)23-22)13-17(25)14-28-19-8-4-6-16-5-2-3-7-18(16)19/h2-8,15,17,25H,9-14H2,1H3,(H,23,27). The van der Waals surface area contributed by atoms with Gasteiger partial charge in [0.1, 0.15) is 24.0 Å². The largest absolute Gasteiger partial charge is 0.490 e. The van der Waals surface area contributed by atoms with Crippen LogP contribution in [0.5, 0.6) is 5.75 Å². The summed E-state index contributed by atoms with van der Waals surface area (Å²) in [6, 6.07) is 13.2. The van der Waals surface area contributed by atoms with Crippen LogP contribution in [0.3, 0.4) is 0 Å². The fourth-order valence-corrected chi connectivity index (χ4v) is 4.21. The van der Waals surface area contributed by atoms with Gasteiger partial charge < -0.3 is 15.2 Å². The van der Waals surface area contributed by atoms with Crippen molar-refractivity contribution in [3.05, 3.63) is 42.5 Å². The maximum absolute atomic E-state index is 12.9. The third-order valence-electron chi connectivity index (χ3n) is 5.95. The van der Waals surface area contributed by atoms with Crippen molar-refractivity contribution in [1.29, 1.82) is 0 Å². The van der Waals surface area contributed by atoms with Crippen LogP contribution < -0.4 is 10.1 Å². The number of amides is 3. The monoisotopic (exact) mass is 382 g/mol. The van der Waals surface area contributed by atoms with Gasteiger partial charge in [-0.1, -0.05) is 43.3 Å². The van der Waals surface area contributed by atoms with E-state index in [1.165, 1.54) is 0 Å². The Hall–Kier alpha value is -2.60. The van der Waals surface area contributed by atoms with Gasteiger partial charge in [0.2, 0.25) is 0 Å². The molecule has 2 aromatic carbocycles. The number of nitrogens with one attached hydrogen (secondary N) is 1. The summed E-state index contributed by atoms with van der Waals surface area (Å²) in [7, 11) is 0. The Bertz CT molecular complexity index is 884. The molecule has 6 nitrogen and oxygen atoms in total. The Morgan fingerprint density at radius 2 is 1.89 bits per heavy atom. The van der Waals surface area contributed by atoms with Crippen LogP contribution in [0.15, 0.2) is 42.5 Å². The summed E-state index contributed by atoms with van der Waals surface area (Å²) in [6.07, 6.45) is 2.22. The molecule has 6 heteroatoms. The smallest absolute Gasteiger partial charge is 0.325 e. The number of aliphatic hydroxyl groups is 1. The number of carbonyl (C=O) groups excluding carboxylic acids is 2. The highest BCUT2D eigenvalue weighted by atomic mass is 16.5. The van der Waals surface area contributed by atoms with E-state index in [1.54, 1.807) is 0 Å². The molecule has 2 fully saturated rings. The zero-order valence-electron chi connectivity index (χ0n) is 16.1. The van der Waals surface area contributed by atoms with Crippen molar-refractivity contribution >= 4 is 22.7 Å². The molecule has 1 unspecified atom stereocenters. The minimum absolute atomic E-state index is 0.00903. The van der Waals surface area contributed by atoms with Crippen LogP contribution in [-0.4, -0.2) is 46.7 Å². The van der Waals surface area contributed by atoms with E-state index >= 15 is 0 Å². The van der Waals surface area contributed by atoms with E-state index in [1.807, 2.05) is 42.5 Å². The highest BCUT2D eigenvalue weighted by molar-refractivity contribution is 6.07. The predicted molar refractivity (Wildman–Crippen MR) is 106 cm³/mol. The Morgan fingerprint density at radius 1 is 1.18 bits per heavy atom. The van der Waals surface area contributed by atoms with Crippen LogP contribution in [0.4, 0.5) is 4.79 Å². The fourth-order valence-electron chi connectivity index (χ4n) is 4.21. The molecule has 28 heavy (non-hydrogen) atoms. The number of rotatable bonds is 5. The molecule has 0 radical (unpaired) electrons. The zero-order chi connectivity index (χ0) is 19.7. The zero-order valence-corrected chi connectivity index (χ0v) is 16.1. The number of imide groups is 1. The minimum atomic E-state index is -0.952. The molecule has 148 valence electrons. The van der Waals surface area contributed by atoms with Gasteiger partial charge in [-0.2, -0.15) is 0 Å². The summed E-state index contributed by atoms with van der Waals surface area (Å²) < 4.78 is 5.79. The lowest BCUT2D eigenvalue weighted by Gasteiger charge is -2.33. The molecule has 1 spiro atoms. The summed E-state index contributed by atoms with van der Waals surface area (Å²) in [5, 5.41) is 15.3. The summed E-state index contributed by atoms with van der Waals surface area (Å²) in [5.74, 6) is 1.03. The molecule has 1 saturated heterocycles. The second-order valence-corrected chi connectivity index (χ2v) is 8.05. The Morgan fingerprint density at radius 3 is 2.68 bits per heavy atom. The molecule has 1 aliphatic carbocycles. The molecule has 4 rings (SSSR count). The molecule has 3 amide bonds. The average molecular weight is 382 g/mol. The SMILES string of the molecule is CC1CCC2(CC1)NC(=O)N(CC(O)COc1cccc3ccccc13)C2=O. The number of hydrogen-bond donors (Lipinski definition) is 2. The van der Waals surface area contributed by atoms with Gasteiger partial charge in [0.25, 0.3) is 5.91 Å². The third kappa shape index (κ3) is 3.44. The Labute approximate surface area is 164 Å². The van der Waals surface area contributed by atoms with E-state index < -0.39 is 17.7 Å². The molecule has 1 heterocycles. The summed E-state index contributed by atoms with van der Waals surface area (Å²) in [5.41, 5.74) is -0.778. The normalized spacial score (nSPS) is 25.9. The van der Waals surface area contributed by atoms with Crippen LogP contribution >= 0.6 is 0 Å². The number of fused-ring (bicyclic) bond motifs is 1. The minimum Gasteiger partial charge on any atom is -0.490 e. The predicted octanol–water partition coefficient (Wildman–Crippen LogP) is 3.08. The first-order valence-electron chi connectivity index (χ1n) is 9.91. The van der Waals surface area contributed by atoms with Crippen molar-refractivity contribution in [3.8, 4) is 5.75 Å². The molecule has 2 N–H and O–H groups in total. The van der Waals surface area contributed by atoms with Gasteiger partial charge in [0.15, 0.2) is 0 Å². The van der Waals surface area contributed by atoms with Gasteiger partial charge in [0.05, 0.1) is 6.54 Å². The van der Waals surface area contributed by atoms with Crippen molar-refractivity contribution in [3.63, 3.8) is 0 Å². The summed E-state index contributed by atoms with van der Waals surface area (Å²) in [6.45, 7) is 2.11. The van der Waals surface area contributed by atoms with Crippen LogP contribution in [0.2, 0.25) is 0 Å². The van der Waals surface area contributed by atoms with E-state index in [9.17, 15) is 14.7 Å². The second kappa shape index (κ2) is 7.43. The number of carbonyl (C=O) groups is 2. The lowest BCUT2D eigenvalue weighted by atomic mass is 9.77. The number of ether oxygens (including phenoxy) is 1. The molecular formula is C22H26N2O4. The van der Waals surface area contributed by atoms with Gasteiger partial charge >= 0.3 is 6.03 Å². The van der Waals surface area contributed by atoms with Crippen LogP contribution in [-0.2, 0) is 4.79 Å². The number of hydrogen-bond acceptors (Lipinski definition) is 4. The van der Waals surface area contributed by atoms with Gasteiger partial charge in [-0.05, 0) is 43.1 Å². The van der Waals surface area contributed by atoms with Crippen molar-refractivity contribution in [2.75, 3.05) is 13.2 Å². The highest BCUT2D eigenvalue weighted by Crippen LogP contribution is 2.36. The van der Waals surface area contributed by atoms with Gasteiger partial charge in [-0.25, -0.2) is 4.79 Å². The number of urea groups is 1. The molecule has 1 atom stereocenters. The van der Waals surface area contributed by atoms with Gasteiger partial charge in [-0.3, -0.25) is 9.69 Å². The van der Waals surface area contributed by atoms with Crippen molar-refractivity contribution in [1.82, 2.24) is 10.2 Å². The first-order valence-corrected chi connectivity index (χ1v) is 9.91. The Balaban J connectivity index is 1.39. The van der Waals surface area contributed by atoms with E-state index in [0.29, 0.717) is 24.5 Å². The summed E-state index contributed by atoms with van der Waals surface area (Å²) in [4.78, 5) is 26.4. The highest BCUT2D eigenvalue weighted by Gasteiger charge is 2.52. The van der Waals surface area contributed by atoms with Crippen LogP contribution in [0.25, 0.3) is 10.8 Å². The lowest BCUT2D eigenvalue weighted by Crippen LogP contribution is -2.49. The van der Waals surface area contributed by atoms with E-state index in [-0.39, 0.29) is 19.1 Å². The van der Waals surface area contributed by atoms with Crippen LogP contribution in [0, 0.1) is 5.92 Å². The Kier molecular flexibility index (Phi) is 4.98. The topological polar surface area (TPSA) is 78.9 Å². The molecule has 1 saturated carbocycles. The maximum Gasteiger partial charge on any atom is 0.325 e. The molecule has 0 bridgehead atoms. The van der Waals surface area contributed by atoms with Crippen molar-refractivity contribution in [2.45, 2.75) is 44.2 Å². The second-order valence-electron chi connectivity index (χ2n) is 8.05. The van der Waals surface area contributed by atoms with Gasteiger partial charge in [0, 0.05) is 5.39 Å². The summed E-state index contributed by atoms with van der Waals surface area (Å²) >= 11 is 0. The molecule has 1 aliphatic heterocycles. The maximum atomic E-state index is 12.9. The third-order valence-corrected chi connectivity index (χ3v) is 5.95. The molecule has 2 aliphatic rings. The fraction of sp³-hybridized carbons (Fsp3) is 0.455. The number of β-amino-alcohol motifs (C(OH)–C–C–N with tert-alkyl or cyclic N) is 1. The number of benzene rings is 2. The van der Waals surface area contributed by atoms with Crippen molar-refractivity contribution in [2.24, 2.45) is 5.92 Å². The lowest BCUT2D eigenvalue weighted by molar-refractivity contribution is -0.133. The van der Waals surface area contributed by atoms with Gasteiger partial charge in [-0.15, -0.1) is 0 Å². The number of nitrogens with zero attached hydrogens (tertiary/aromatic N) is 1.